The van der Waals surface area contributed by atoms with Crippen LogP contribution in [0.1, 0.15) is 16.6 Å². The van der Waals surface area contributed by atoms with Crippen molar-refractivity contribution in [2.75, 3.05) is 5.32 Å². The number of azo groups is 1. The lowest BCUT2D eigenvalue weighted by Crippen LogP contribution is -1.86. The van der Waals surface area contributed by atoms with Gasteiger partial charge in [0, 0.05) is 12.6 Å². The normalized spacial score (nSPS) is 10.9. The summed E-state index contributed by atoms with van der Waals surface area (Å²) in [6.45, 7) is 1.41. The van der Waals surface area contributed by atoms with Gasteiger partial charge in [-0.1, -0.05) is 36.4 Å². The van der Waals surface area contributed by atoms with Crippen molar-refractivity contribution in [2.24, 2.45) is 10.2 Å². The molecule has 5 nitrogen and oxygen atoms in total. The minimum Gasteiger partial charge on any atom is -0.504 e. The maximum Gasteiger partial charge on any atom is 0.173 e. The average molecular weight is 337 g/mol. The van der Waals surface area contributed by atoms with Gasteiger partial charge in [0.05, 0.1) is 5.69 Å². The molecule has 3 rings (SSSR count). The van der Waals surface area contributed by atoms with Crippen LogP contribution in [0.5, 0.6) is 5.75 Å². The predicted molar refractivity (Wildman–Crippen MR) is 96.3 cm³/mol. The number of thiophene rings is 1. The first-order chi connectivity index (χ1) is 11.6. The lowest BCUT2D eigenvalue weighted by Gasteiger charge is -2.03. The van der Waals surface area contributed by atoms with E-state index >= 15 is 0 Å². The number of Topliss-reactive ketones (excluding diaryl/α,β-unsaturated/α-hetero) is 1. The Morgan fingerprint density at radius 2 is 1.62 bits per heavy atom. The fraction of sp³-hybridized carbons (Fsp3) is 0.0556. The monoisotopic (exact) mass is 337 g/mol. The Kier molecular flexibility index (Phi) is 4.67. The molecule has 0 fully saturated rings. The molecule has 2 N–H and O–H groups in total. The van der Waals surface area contributed by atoms with Crippen molar-refractivity contribution in [3.05, 3.63) is 65.5 Å². The van der Waals surface area contributed by atoms with E-state index in [1.807, 2.05) is 60.7 Å². The van der Waals surface area contributed by atoms with Gasteiger partial charge in [0.1, 0.15) is 9.88 Å². The molecule has 0 saturated heterocycles. The molecule has 0 aliphatic carbocycles. The maximum atomic E-state index is 11.7. The molecule has 120 valence electrons. The Labute approximate surface area is 143 Å². The lowest BCUT2D eigenvalue weighted by atomic mass is 10.3. The Bertz CT molecular complexity index is 874. The Morgan fingerprint density at radius 3 is 2.25 bits per heavy atom. The van der Waals surface area contributed by atoms with E-state index in [2.05, 4.69) is 15.5 Å². The first kappa shape index (κ1) is 15.9. The first-order valence-electron chi connectivity index (χ1n) is 7.30. The van der Waals surface area contributed by atoms with Gasteiger partial charge in [0.2, 0.25) is 0 Å². The highest BCUT2D eigenvalue weighted by Crippen LogP contribution is 2.47. The molecule has 0 amide bonds. The van der Waals surface area contributed by atoms with Gasteiger partial charge < -0.3 is 10.4 Å². The minimum absolute atomic E-state index is 0.148. The van der Waals surface area contributed by atoms with Crippen molar-refractivity contribution in [3.8, 4) is 5.75 Å². The smallest absolute Gasteiger partial charge is 0.173 e. The van der Waals surface area contributed by atoms with Gasteiger partial charge in [-0.2, -0.15) is 5.11 Å². The maximum absolute atomic E-state index is 11.7. The number of carbonyl (C=O) groups is 1. The van der Waals surface area contributed by atoms with Crippen molar-refractivity contribution in [1.29, 1.82) is 0 Å². The molecule has 24 heavy (non-hydrogen) atoms. The van der Waals surface area contributed by atoms with Gasteiger partial charge in [-0.15, -0.1) is 16.5 Å². The summed E-state index contributed by atoms with van der Waals surface area (Å²) in [6.07, 6.45) is 0. The fourth-order valence-electron chi connectivity index (χ4n) is 2.08. The van der Waals surface area contributed by atoms with Crippen LogP contribution in [-0.2, 0) is 0 Å². The zero-order valence-corrected chi connectivity index (χ0v) is 13.7. The molecule has 2 aromatic carbocycles. The van der Waals surface area contributed by atoms with Crippen LogP contribution >= 0.6 is 11.3 Å². The van der Waals surface area contributed by atoms with Crippen LogP contribution in [0, 0.1) is 0 Å². The number of anilines is 2. The number of benzene rings is 2. The first-order valence-corrected chi connectivity index (χ1v) is 8.12. The molecular weight excluding hydrogens is 322 g/mol. The predicted octanol–water partition coefficient (Wildman–Crippen LogP) is 5.82. The van der Waals surface area contributed by atoms with Crippen LogP contribution in [0.15, 0.2) is 70.9 Å². The minimum atomic E-state index is -0.213. The van der Waals surface area contributed by atoms with Crippen LogP contribution in [0.3, 0.4) is 0 Å². The number of rotatable bonds is 5. The summed E-state index contributed by atoms with van der Waals surface area (Å²) < 4.78 is 0. The second kappa shape index (κ2) is 7.06. The third-order valence-electron chi connectivity index (χ3n) is 3.23. The molecule has 0 spiro atoms. The van der Waals surface area contributed by atoms with E-state index in [0.29, 0.717) is 10.7 Å². The zero-order valence-electron chi connectivity index (χ0n) is 12.9. The summed E-state index contributed by atoms with van der Waals surface area (Å²) in [5.74, 6) is -0.361. The standard InChI is InChI=1S/C18H15N3O2S/c1-12(22)17-16(23)15(21-20-14-10-6-3-7-11-14)18(24-17)19-13-8-4-2-5-9-13/h2-11,19,23H,1H3. The average Bonchev–Trinajstić information content (AvgIpc) is 2.91. The van der Waals surface area contributed by atoms with E-state index in [4.69, 9.17) is 0 Å². The highest BCUT2D eigenvalue weighted by molar-refractivity contribution is 7.19. The van der Waals surface area contributed by atoms with E-state index in [-0.39, 0.29) is 22.1 Å². The van der Waals surface area contributed by atoms with Gasteiger partial charge in [0.15, 0.2) is 17.2 Å². The van der Waals surface area contributed by atoms with Crippen LogP contribution in [0.2, 0.25) is 0 Å². The van der Waals surface area contributed by atoms with Crippen LogP contribution < -0.4 is 5.32 Å². The van der Waals surface area contributed by atoms with E-state index in [9.17, 15) is 9.90 Å². The number of carbonyl (C=O) groups excluding carboxylic acids is 1. The van der Waals surface area contributed by atoms with E-state index in [1.54, 1.807) is 0 Å². The van der Waals surface area contributed by atoms with Crippen molar-refractivity contribution in [3.63, 3.8) is 0 Å². The van der Waals surface area contributed by atoms with Crippen molar-refractivity contribution < 1.29 is 9.90 Å². The summed E-state index contributed by atoms with van der Waals surface area (Å²) in [5, 5.41) is 22.4. The number of hydrogen-bond donors (Lipinski definition) is 2. The molecule has 0 atom stereocenters. The van der Waals surface area contributed by atoms with Gasteiger partial charge in [0.25, 0.3) is 0 Å². The van der Waals surface area contributed by atoms with Crippen molar-refractivity contribution >= 4 is 39.2 Å². The Hall–Kier alpha value is -2.99. The summed E-state index contributed by atoms with van der Waals surface area (Å²) in [7, 11) is 0. The van der Waals surface area contributed by atoms with Gasteiger partial charge in [-0.25, -0.2) is 0 Å². The van der Waals surface area contributed by atoms with Crippen LogP contribution in [0.4, 0.5) is 22.1 Å². The number of hydrogen-bond acceptors (Lipinski definition) is 6. The third-order valence-corrected chi connectivity index (χ3v) is 4.42. The van der Waals surface area contributed by atoms with Gasteiger partial charge in [-0.05, 0) is 24.3 Å². The fourth-order valence-corrected chi connectivity index (χ4v) is 3.03. The molecule has 3 aromatic rings. The van der Waals surface area contributed by atoms with Gasteiger partial charge >= 0.3 is 0 Å². The number of ketones is 1. The van der Waals surface area contributed by atoms with Gasteiger partial charge in [-0.3, -0.25) is 4.79 Å². The molecule has 1 aromatic heterocycles. The zero-order chi connectivity index (χ0) is 16.9. The molecule has 0 aliphatic rings. The molecule has 0 radical (unpaired) electrons. The molecule has 0 unspecified atom stereocenters. The second-order valence-corrected chi connectivity index (χ2v) is 6.06. The highest BCUT2D eigenvalue weighted by atomic mass is 32.1. The van der Waals surface area contributed by atoms with Crippen molar-refractivity contribution in [1.82, 2.24) is 0 Å². The molecule has 0 bridgehead atoms. The summed E-state index contributed by atoms with van der Waals surface area (Å²) in [6, 6.07) is 18.7. The second-order valence-electron chi connectivity index (χ2n) is 5.04. The number of nitrogens with one attached hydrogen (secondary N) is 1. The number of aromatic hydroxyl groups is 1. The summed E-state index contributed by atoms with van der Waals surface area (Å²) >= 11 is 1.16. The lowest BCUT2D eigenvalue weighted by molar-refractivity contribution is 0.101. The summed E-state index contributed by atoms with van der Waals surface area (Å²) in [5.41, 5.74) is 1.76. The number of para-hydroxylation sites is 1. The molecular formula is C18H15N3O2S. The highest BCUT2D eigenvalue weighted by Gasteiger charge is 2.20. The topological polar surface area (TPSA) is 74.0 Å². The van der Waals surface area contributed by atoms with Crippen LogP contribution in [0.25, 0.3) is 0 Å². The molecule has 0 aliphatic heterocycles. The van der Waals surface area contributed by atoms with E-state index in [1.165, 1.54) is 6.92 Å². The molecule has 1 heterocycles. The largest absolute Gasteiger partial charge is 0.504 e. The van der Waals surface area contributed by atoms with E-state index in [0.717, 1.165) is 17.0 Å². The van der Waals surface area contributed by atoms with Crippen molar-refractivity contribution in [2.45, 2.75) is 6.92 Å². The molecule has 0 saturated carbocycles. The van der Waals surface area contributed by atoms with Crippen LogP contribution in [-0.4, -0.2) is 10.9 Å². The third kappa shape index (κ3) is 3.49. The van der Waals surface area contributed by atoms with E-state index < -0.39 is 0 Å². The molecule has 6 heteroatoms. The quantitative estimate of drug-likeness (QED) is 0.455. The SMILES string of the molecule is CC(=O)c1sc(Nc2ccccc2)c(N=Nc2ccccc2)c1O. The Morgan fingerprint density at radius 1 is 1.00 bits per heavy atom. The number of nitrogens with zero attached hydrogens (tertiary/aromatic N) is 2. The summed E-state index contributed by atoms with van der Waals surface area (Å²) in [4.78, 5) is 12.0. The Balaban J connectivity index is 1.99.